The van der Waals surface area contributed by atoms with Crippen LogP contribution in [-0.2, 0) is 18.4 Å². The molecular formula is C33H26N8O2S. The summed E-state index contributed by atoms with van der Waals surface area (Å²) in [4.78, 5) is 25.7. The van der Waals surface area contributed by atoms with Crippen molar-refractivity contribution < 1.29 is 9.53 Å². The molecule has 2 aromatic carbocycles. The van der Waals surface area contributed by atoms with Crippen molar-refractivity contribution in [1.82, 2.24) is 30.0 Å². The molecule has 10 nitrogen and oxygen atoms in total. The third kappa shape index (κ3) is 5.49. The molecule has 0 fully saturated rings. The molecule has 6 aromatic rings. The Balaban J connectivity index is 1.51. The summed E-state index contributed by atoms with van der Waals surface area (Å²) in [6.07, 6.45) is 8.35. The van der Waals surface area contributed by atoms with Gasteiger partial charge in [-0.1, -0.05) is 30.8 Å². The standard InChI is InChI=1S/C33H26N8O2S/c1-4-27(42)37-15-22-6-5-21(13-23(22)14-34)30-28(20-7-9-25(10-8-20)43-33-36-12-11-19(2)40-33)29-31(44-30)26(17-38-32(29)35)24-16-39-41(3)18-24/h4-13,16-18H,1,15H2,2-3H3,(H2,35,38)(H,37,42). The first-order valence-electron chi connectivity index (χ1n) is 13.6. The molecular weight excluding hydrogens is 572 g/mol. The largest absolute Gasteiger partial charge is 0.424 e. The van der Waals surface area contributed by atoms with Gasteiger partial charge in [0.25, 0.3) is 0 Å². The van der Waals surface area contributed by atoms with E-state index < -0.39 is 0 Å². The molecule has 44 heavy (non-hydrogen) atoms. The van der Waals surface area contributed by atoms with Crippen molar-refractivity contribution >= 4 is 33.1 Å². The molecule has 3 N–H and O–H groups in total. The van der Waals surface area contributed by atoms with Gasteiger partial charge in [0.2, 0.25) is 5.91 Å². The van der Waals surface area contributed by atoms with Gasteiger partial charge in [-0.25, -0.2) is 15.0 Å². The number of ether oxygens (including phenoxy) is 1. The topological polar surface area (TPSA) is 145 Å². The van der Waals surface area contributed by atoms with E-state index in [1.54, 1.807) is 40.7 Å². The number of amides is 1. The van der Waals surface area contributed by atoms with Crippen molar-refractivity contribution in [2.45, 2.75) is 13.5 Å². The second kappa shape index (κ2) is 11.8. The molecule has 1 amide bonds. The molecule has 0 spiro atoms. The lowest BCUT2D eigenvalue weighted by atomic mass is 9.96. The number of nitrogens with two attached hydrogens (primary N) is 1. The van der Waals surface area contributed by atoms with Gasteiger partial charge in [-0.3, -0.25) is 9.48 Å². The van der Waals surface area contributed by atoms with Gasteiger partial charge in [0, 0.05) is 69.5 Å². The van der Waals surface area contributed by atoms with Crippen LogP contribution >= 0.6 is 11.3 Å². The average molecular weight is 599 g/mol. The van der Waals surface area contributed by atoms with Gasteiger partial charge < -0.3 is 15.8 Å². The Hall–Kier alpha value is -5.86. The fourth-order valence-corrected chi connectivity index (χ4v) is 6.23. The number of benzene rings is 2. The first kappa shape index (κ1) is 28.3. The monoisotopic (exact) mass is 598 g/mol. The molecule has 4 heterocycles. The summed E-state index contributed by atoms with van der Waals surface area (Å²) in [7, 11) is 1.87. The second-order valence-corrected chi connectivity index (χ2v) is 11.0. The average Bonchev–Trinajstić information content (AvgIpc) is 3.65. The van der Waals surface area contributed by atoms with Crippen molar-refractivity contribution in [2.75, 3.05) is 5.73 Å². The highest BCUT2D eigenvalue weighted by Crippen LogP contribution is 2.49. The quantitative estimate of drug-likeness (QED) is 0.198. The fourth-order valence-electron chi connectivity index (χ4n) is 4.87. The van der Waals surface area contributed by atoms with Gasteiger partial charge in [0.1, 0.15) is 11.6 Å². The number of fused-ring (bicyclic) bond motifs is 1. The van der Waals surface area contributed by atoms with E-state index in [4.69, 9.17) is 10.5 Å². The van der Waals surface area contributed by atoms with E-state index >= 15 is 0 Å². The number of hydrogen-bond acceptors (Lipinski definition) is 9. The van der Waals surface area contributed by atoms with Crippen LogP contribution in [0.15, 0.2) is 86.0 Å². The van der Waals surface area contributed by atoms with Gasteiger partial charge in [-0.2, -0.15) is 10.4 Å². The minimum Gasteiger partial charge on any atom is -0.424 e. The Morgan fingerprint density at radius 1 is 1.14 bits per heavy atom. The molecule has 0 aliphatic rings. The third-order valence-corrected chi connectivity index (χ3v) is 8.29. The van der Waals surface area contributed by atoms with E-state index in [9.17, 15) is 10.1 Å². The van der Waals surface area contributed by atoms with Crippen LogP contribution < -0.4 is 15.8 Å². The summed E-state index contributed by atoms with van der Waals surface area (Å²) < 4.78 is 8.58. The van der Waals surface area contributed by atoms with Crippen LogP contribution in [0.25, 0.3) is 42.8 Å². The number of nitrogen functional groups attached to an aromatic ring is 1. The van der Waals surface area contributed by atoms with E-state index in [1.807, 2.05) is 62.6 Å². The number of thiophene rings is 1. The van der Waals surface area contributed by atoms with Crippen LogP contribution in [0.1, 0.15) is 16.8 Å². The van der Waals surface area contributed by atoms with E-state index in [2.05, 4.69) is 38.0 Å². The molecule has 0 saturated heterocycles. The van der Waals surface area contributed by atoms with Gasteiger partial charge in [-0.05, 0) is 54.0 Å². The summed E-state index contributed by atoms with van der Waals surface area (Å²) in [5.41, 5.74) is 13.0. The maximum atomic E-state index is 11.7. The summed E-state index contributed by atoms with van der Waals surface area (Å²) in [6.45, 7) is 5.57. The minimum atomic E-state index is -0.308. The number of anilines is 1. The summed E-state index contributed by atoms with van der Waals surface area (Å²) >= 11 is 1.57. The Kier molecular flexibility index (Phi) is 7.58. The number of nitrogens with one attached hydrogen (secondary N) is 1. The van der Waals surface area contributed by atoms with Gasteiger partial charge in [0.05, 0.1) is 17.8 Å². The number of nitrogens with zero attached hydrogens (tertiary/aromatic N) is 6. The minimum absolute atomic E-state index is 0.210. The van der Waals surface area contributed by atoms with Crippen LogP contribution in [0.3, 0.4) is 0 Å². The lowest BCUT2D eigenvalue weighted by Crippen LogP contribution is -2.20. The first-order chi connectivity index (χ1) is 21.3. The van der Waals surface area contributed by atoms with E-state index in [0.29, 0.717) is 22.7 Å². The maximum Gasteiger partial charge on any atom is 0.322 e. The SMILES string of the molecule is C=CC(=O)NCc1ccc(-c2sc3c(-c4cnn(C)c4)cnc(N)c3c2-c2ccc(Oc3nccc(C)n3)cc2)cc1C#N. The lowest BCUT2D eigenvalue weighted by Gasteiger charge is -2.11. The smallest absolute Gasteiger partial charge is 0.322 e. The molecule has 6 rings (SSSR count). The van der Waals surface area contributed by atoms with Gasteiger partial charge in [-0.15, -0.1) is 11.3 Å². The second-order valence-electron chi connectivity index (χ2n) is 9.98. The van der Waals surface area contributed by atoms with Crippen molar-refractivity contribution in [2.24, 2.45) is 7.05 Å². The zero-order chi connectivity index (χ0) is 30.8. The van der Waals surface area contributed by atoms with Crippen molar-refractivity contribution in [3.05, 3.63) is 103 Å². The van der Waals surface area contributed by atoms with Crippen LogP contribution in [0.5, 0.6) is 11.8 Å². The Morgan fingerprint density at radius 2 is 1.93 bits per heavy atom. The van der Waals surface area contributed by atoms with Crippen molar-refractivity contribution in [3.63, 3.8) is 0 Å². The molecule has 0 aliphatic carbocycles. The lowest BCUT2D eigenvalue weighted by molar-refractivity contribution is -0.116. The molecule has 4 aromatic heterocycles. The van der Waals surface area contributed by atoms with Gasteiger partial charge in [0.15, 0.2) is 0 Å². The Labute approximate surface area is 257 Å². The number of aryl methyl sites for hydroxylation is 2. The van der Waals surface area contributed by atoms with Crippen LogP contribution in [-0.4, -0.2) is 30.6 Å². The van der Waals surface area contributed by atoms with E-state index in [0.717, 1.165) is 48.5 Å². The molecule has 0 unspecified atom stereocenters. The summed E-state index contributed by atoms with van der Waals surface area (Å²) in [5, 5.41) is 17.9. The predicted octanol–water partition coefficient (Wildman–Crippen LogP) is 6.18. The number of pyridine rings is 1. The number of aromatic nitrogens is 5. The van der Waals surface area contributed by atoms with Crippen molar-refractivity contribution in [3.8, 4) is 50.5 Å². The predicted molar refractivity (Wildman–Crippen MR) is 171 cm³/mol. The number of rotatable bonds is 8. The summed E-state index contributed by atoms with van der Waals surface area (Å²) in [5.74, 6) is 0.667. The Bertz CT molecular complexity index is 2090. The number of nitriles is 1. The molecule has 11 heteroatoms. The molecule has 0 radical (unpaired) electrons. The number of carbonyl (C=O) groups excluding carboxylic acids is 1. The molecule has 216 valence electrons. The first-order valence-corrected chi connectivity index (χ1v) is 14.4. The Morgan fingerprint density at radius 3 is 2.64 bits per heavy atom. The molecule has 0 bridgehead atoms. The highest BCUT2D eigenvalue weighted by molar-refractivity contribution is 7.23. The number of carbonyl (C=O) groups is 1. The number of hydrogen-bond donors (Lipinski definition) is 2. The normalized spacial score (nSPS) is 10.8. The van der Waals surface area contributed by atoms with Crippen molar-refractivity contribution in [1.29, 1.82) is 5.26 Å². The molecule has 0 atom stereocenters. The highest BCUT2D eigenvalue weighted by atomic mass is 32.1. The zero-order valence-corrected chi connectivity index (χ0v) is 24.7. The zero-order valence-electron chi connectivity index (χ0n) is 23.9. The van der Waals surface area contributed by atoms with Crippen LogP contribution in [0.2, 0.25) is 0 Å². The van der Waals surface area contributed by atoms with E-state index in [1.165, 1.54) is 6.08 Å². The molecule has 0 aliphatic heterocycles. The van der Waals surface area contributed by atoms with Gasteiger partial charge >= 0.3 is 6.01 Å². The van der Waals surface area contributed by atoms with Crippen LogP contribution in [0.4, 0.5) is 5.82 Å². The summed E-state index contributed by atoms with van der Waals surface area (Å²) in [6, 6.07) is 17.6. The van der Waals surface area contributed by atoms with E-state index in [-0.39, 0.29) is 18.5 Å². The van der Waals surface area contributed by atoms with Crippen LogP contribution in [0, 0.1) is 18.3 Å². The highest BCUT2D eigenvalue weighted by Gasteiger charge is 2.23. The molecule has 0 saturated carbocycles. The third-order valence-electron chi connectivity index (χ3n) is 7.01. The fraction of sp³-hybridized carbons (Fsp3) is 0.0909. The maximum absolute atomic E-state index is 11.7.